The summed E-state index contributed by atoms with van der Waals surface area (Å²) in [6, 6.07) is 7.69. The normalized spacial score (nSPS) is 13.6. The number of hydrogen-bond donors (Lipinski definition) is 3. The molecule has 1 aromatic rings. The Labute approximate surface area is 125 Å². The van der Waals surface area contributed by atoms with Gasteiger partial charge in [0.15, 0.2) is 0 Å². The van der Waals surface area contributed by atoms with Crippen LogP contribution in [0.5, 0.6) is 0 Å². The summed E-state index contributed by atoms with van der Waals surface area (Å²) in [7, 11) is 0. The minimum Gasteiger partial charge on any atom is -0.396 e. The molecule has 1 rings (SSSR count). The number of hydrogen-bond acceptors (Lipinski definition) is 3. The first-order valence-electron chi connectivity index (χ1n) is 6.85. The van der Waals surface area contributed by atoms with Gasteiger partial charge in [0.1, 0.15) is 0 Å². The van der Waals surface area contributed by atoms with Gasteiger partial charge in [0.2, 0.25) is 0 Å². The van der Waals surface area contributed by atoms with Gasteiger partial charge in [-0.3, -0.25) is 0 Å². The molecule has 0 spiro atoms. The summed E-state index contributed by atoms with van der Waals surface area (Å²) in [6.07, 6.45) is 2.76. The molecule has 0 bridgehead atoms. The van der Waals surface area contributed by atoms with E-state index >= 15 is 0 Å². The zero-order valence-corrected chi connectivity index (χ0v) is 13.2. The molecule has 20 heavy (non-hydrogen) atoms. The summed E-state index contributed by atoms with van der Waals surface area (Å²) in [5.74, 6) is 0.272. The number of urea groups is 1. The summed E-state index contributed by atoms with van der Waals surface area (Å²) in [4.78, 5) is 11.8. The van der Waals surface area contributed by atoms with E-state index in [1.54, 1.807) is 11.8 Å². The molecule has 5 heteroatoms. The van der Waals surface area contributed by atoms with Crippen LogP contribution >= 0.6 is 11.8 Å². The molecule has 0 radical (unpaired) electrons. The summed E-state index contributed by atoms with van der Waals surface area (Å²) >= 11 is 1.77. The first-order valence-corrected chi connectivity index (χ1v) is 8.14. The lowest BCUT2D eigenvalue weighted by molar-refractivity contribution is 0.243. The number of anilines is 1. The summed E-state index contributed by atoms with van der Waals surface area (Å²) < 4.78 is 0. The minimum absolute atomic E-state index is 0.152. The highest BCUT2D eigenvalue weighted by Crippen LogP contribution is 2.27. The lowest BCUT2D eigenvalue weighted by atomic mass is 10.1. The second-order valence-electron chi connectivity index (χ2n) is 4.96. The van der Waals surface area contributed by atoms with E-state index in [0.29, 0.717) is 18.2 Å². The lowest BCUT2D eigenvalue weighted by Crippen LogP contribution is -2.32. The molecule has 0 fully saturated rings. The fraction of sp³-hybridized carbons (Fsp3) is 0.533. The Morgan fingerprint density at radius 1 is 1.40 bits per heavy atom. The SMILES string of the molecule is CS[C@@H](C)c1cccc(NC(=O)NC[C@@H](C)CCO)c1. The van der Waals surface area contributed by atoms with Crippen molar-refractivity contribution in [1.82, 2.24) is 5.32 Å². The summed E-state index contributed by atoms with van der Waals surface area (Å²) in [5, 5.41) is 14.9. The number of benzene rings is 1. The molecule has 112 valence electrons. The second-order valence-corrected chi connectivity index (χ2v) is 6.13. The number of rotatable bonds is 7. The van der Waals surface area contributed by atoms with E-state index in [2.05, 4.69) is 29.9 Å². The van der Waals surface area contributed by atoms with Crippen molar-refractivity contribution in [2.24, 2.45) is 5.92 Å². The quantitative estimate of drug-likeness (QED) is 0.724. The van der Waals surface area contributed by atoms with Crippen molar-refractivity contribution in [1.29, 1.82) is 0 Å². The number of carbonyl (C=O) groups excluding carboxylic acids is 1. The number of amides is 2. The van der Waals surface area contributed by atoms with Gasteiger partial charge in [-0.1, -0.05) is 19.1 Å². The van der Waals surface area contributed by atoms with Crippen LogP contribution in [0.25, 0.3) is 0 Å². The van der Waals surface area contributed by atoms with Crippen LogP contribution in [0.15, 0.2) is 24.3 Å². The van der Waals surface area contributed by atoms with E-state index in [4.69, 9.17) is 5.11 Å². The molecule has 2 atom stereocenters. The summed E-state index contributed by atoms with van der Waals surface area (Å²) in [6.45, 7) is 4.85. The highest BCUT2D eigenvalue weighted by Gasteiger charge is 2.07. The monoisotopic (exact) mass is 296 g/mol. The molecule has 1 aromatic carbocycles. The van der Waals surface area contributed by atoms with Gasteiger partial charge >= 0.3 is 6.03 Å². The predicted molar refractivity (Wildman–Crippen MR) is 86.3 cm³/mol. The maximum Gasteiger partial charge on any atom is 0.319 e. The van der Waals surface area contributed by atoms with E-state index in [1.807, 2.05) is 25.1 Å². The van der Waals surface area contributed by atoms with E-state index in [9.17, 15) is 4.79 Å². The van der Waals surface area contributed by atoms with Crippen molar-refractivity contribution in [2.45, 2.75) is 25.5 Å². The molecule has 0 heterocycles. The van der Waals surface area contributed by atoms with Gasteiger partial charge in [0.05, 0.1) is 0 Å². The average Bonchev–Trinajstić information content (AvgIpc) is 2.45. The van der Waals surface area contributed by atoms with Gasteiger partial charge in [-0.05, 0) is 43.2 Å². The Balaban J connectivity index is 2.49. The van der Waals surface area contributed by atoms with E-state index in [1.165, 1.54) is 5.56 Å². The highest BCUT2D eigenvalue weighted by molar-refractivity contribution is 7.98. The third-order valence-corrected chi connectivity index (χ3v) is 4.18. The van der Waals surface area contributed by atoms with Crippen molar-refractivity contribution in [3.05, 3.63) is 29.8 Å². The number of thioether (sulfide) groups is 1. The van der Waals surface area contributed by atoms with Crippen LogP contribution in [0.1, 0.15) is 31.1 Å². The van der Waals surface area contributed by atoms with Crippen LogP contribution in [0, 0.1) is 5.92 Å². The highest BCUT2D eigenvalue weighted by atomic mass is 32.2. The van der Waals surface area contributed by atoms with Crippen molar-refractivity contribution in [3.8, 4) is 0 Å². The molecule has 0 aliphatic heterocycles. The van der Waals surface area contributed by atoms with Crippen molar-refractivity contribution >= 4 is 23.5 Å². The number of carbonyl (C=O) groups is 1. The zero-order valence-electron chi connectivity index (χ0n) is 12.3. The molecule has 0 saturated heterocycles. The second kappa shape index (κ2) is 8.87. The zero-order chi connectivity index (χ0) is 15.0. The first-order chi connectivity index (χ1) is 9.56. The van der Waals surface area contributed by atoms with Crippen molar-refractivity contribution in [2.75, 3.05) is 24.7 Å². The Bertz CT molecular complexity index is 426. The van der Waals surface area contributed by atoms with Crippen molar-refractivity contribution in [3.63, 3.8) is 0 Å². The molecular formula is C15H24N2O2S. The number of aliphatic hydroxyl groups excluding tert-OH is 1. The van der Waals surface area contributed by atoms with E-state index in [-0.39, 0.29) is 18.6 Å². The molecule has 0 aliphatic carbocycles. The smallest absolute Gasteiger partial charge is 0.319 e. The van der Waals surface area contributed by atoms with Gasteiger partial charge in [-0.15, -0.1) is 0 Å². The topological polar surface area (TPSA) is 61.4 Å². The maximum atomic E-state index is 11.8. The van der Waals surface area contributed by atoms with Crippen LogP contribution in [-0.2, 0) is 0 Å². The molecule has 0 saturated carbocycles. The molecule has 0 aliphatic rings. The molecule has 0 unspecified atom stereocenters. The Hall–Kier alpha value is -1.20. The fourth-order valence-electron chi connectivity index (χ4n) is 1.77. The Kier molecular flexibility index (Phi) is 7.47. The molecule has 4 nitrogen and oxygen atoms in total. The minimum atomic E-state index is -0.205. The third-order valence-electron chi connectivity index (χ3n) is 3.20. The van der Waals surface area contributed by atoms with Gasteiger partial charge in [0, 0.05) is 24.1 Å². The average molecular weight is 296 g/mol. The van der Waals surface area contributed by atoms with Crippen LogP contribution in [0.4, 0.5) is 10.5 Å². The van der Waals surface area contributed by atoms with E-state index in [0.717, 1.165) is 5.69 Å². The van der Waals surface area contributed by atoms with Gasteiger partial charge in [0.25, 0.3) is 0 Å². The Morgan fingerprint density at radius 3 is 2.80 bits per heavy atom. The van der Waals surface area contributed by atoms with Crippen LogP contribution in [0.3, 0.4) is 0 Å². The van der Waals surface area contributed by atoms with Gasteiger partial charge in [-0.25, -0.2) is 4.79 Å². The number of aliphatic hydroxyl groups is 1. The lowest BCUT2D eigenvalue weighted by Gasteiger charge is -2.13. The summed E-state index contributed by atoms with van der Waals surface area (Å²) in [5.41, 5.74) is 2.00. The first kappa shape index (κ1) is 16.9. The predicted octanol–water partition coefficient (Wildman–Crippen LogP) is 3.25. The van der Waals surface area contributed by atoms with Crippen LogP contribution in [-0.4, -0.2) is 30.5 Å². The maximum absolute atomic E-state index is 11.8. The van der Waals surface area contributed by atoms with Crippen LogP contribution < -0.4 is 10.6 Å². The third kappa shape index (κ3) is 5.84. The largest absolute Gasteiger partial charge is 0.396 e. The van der Waals surface area contributed by atoms with E-state index < -0.39 is 0 Å². The molecular weight excluding hydrogens is 272 g/mol. The van der Waals surface area contributed by atoms with Gasteiger partial charge in [-0.2, -0.15) is 11.8 Å². The Morgan fingerprint density at radius 2 is 2.15 bits per heavy atom. The number of nitrogens with one attached hydrogen (secondary N) is 2. The van der Waals surface area contributed by atoms with Gasteiger partial charge < -0.3 is 15.7 Å². The molecule has 0 aromatic heterocycles. The standard InChI is InChI=1S/C15H24N2O2S/c1-11(7-8-18)10-16-15(19)17-14-6-4-5-13(9-14)12(2)20-3/h4-6,9,11-12,18H,7-8,10H2,1-3H3,(H2,16,17,19)/t11-,12-/m0/s1. The molecule has 3 N–H and O–H groups in total. The molecule has 2 amide bonds. The van der Waals surface area contributed by atoms with Crippen LogP contribution in [0.2, 0.25) is 0 Å². The fourth-order valence-corrected chi connectivity index (χ4v) is 2.19. The van der Waals surface area contributed by atoms with Crippen molar-refractivity contribution < 1.29 is 9.90 Å².